The number of piperidine rings is 1. The number of likely N-dealkylation sites (tertiary alicyclic amines) is 2. The fourth-order valence-electron chi connectivity index (χ4n) is 2.88. The minimum Gasteiger partial charge on any atom is -0.444 e. The van der Waals surface area contributed by atoms with E-state index in [1.807, 2.05) is 4.90 Å². The van der Waals surface area contributed by atoms with E-state index in [0.29, 0.717) is 12.8 Å². The molecule has 1 N–H and O–H groups in total. The van der Waals surface area contributed by atoms with Crippen LogP contribution in [0.5, 0.6) is 0 Å². The summed E-state index contributed by atoms with van der Waals surface area (Å²) in [6, 6.07) is -0.499. The van der Waals surface area contributed by atoms with Crippen LogP contribution in [0.15, 0.2) is 0 Å². The fourth-order valence-corrected chi connectivity index (χ4v) is 2.88. The first kappa shape index (κ1) is 16.1. The third-order valence-electron chi connectivity index (χ3n) is 3.89. The van der Waals surface area contributed by atoms with Gasteiger partial charge < -0.3 is 14.7 Å². The van der Waals surface area contributed by atoms with Crippen LogP contribution in [0.1, 0.15) is 46.5 Å². The molecule has 0 unspecified atom stereocenters. The van der Waals surface area contributed by atoms with Crippen molar-refractivity contribution in [2.45, 2.75) is 64.2 Å². The molecule has 2 rings (SSSR count). The lowest BCUT2D eigenvalue weighted by Gasteiger charge is -2.39. The lowest BCUT2D eigenvalue weighted by Crippen LogP contribution is -2.56. The van der Waals surface area contributed by atoms with E-state index in [4.69, 9.17) is 4.74 Å². The SMILES string of the molecule is CC(C)(C)OC(=O)N1C[C@H](O)CC[C@@H]1C(=O)N1CCCC1. The lowest BCUT2D eigenvalue weighted by atomic mass is 9.99. The average Bonchev–Trinajstić information content (AvgIpc) is 2.89. The topological polar surface area (TPSA) is 70.1 Å². The number of ether oxygens (including phenoxy) is 1. The molecule has 6 nitrogen and oxygen atoms in total. The smallest absolute Gasteiger partial charge is 0.411 e. The lowest BCUT2D eigenvalue weighted by molar-refractivity contribution is -0.138. The highest BCUT2D eigenvalue weighted by molar-refractivity contribution is 5.86. The van der Waals surface area contributed by atoms with Gasteiger partial charge in [0.15, 0.2) is 0 Å². The van der Waals surface area contributed by atoms with Gasteiger partial charge in [-0.05, 0) is 46.5 Å². The Hall–Kier alpha value is -1.30. The third-order valence-corrected chi connectivity index (χ3v) is 3.89. The molecule has 2 amide bonds. The van der Waals surface area contributed by atoms with Crippen LogP contribution in [-0.2, 0) is 9.53 Å². The Kier molecular flexibility index (Phi) is 4.76. The van der Waals surface area contributed by atoms with E-state index < -0.39 is 23.8 Å². The van der Waals surface area contributed by atoms with Crippen LogP contribution < -0.4 is 0 Å². The zero-order valence-corrected chi connectivity index (χ0v) is 13.2. The first-order chi connectivity index (χ1) is 9.78. The predicted octanol–water partition coefficient (Wildman–Crippen LogP) is 1.37. The number of hydrogen-bond donors (Lipinski definition) is 1. The molecule has 0 radical (unpaired) electrons. The van der Waals surface area contributed by atoms with Gasteiger partial charge in [-0.3, -0.25) is 9.69 Å². The second-order valence-corrected chi connectivity index (χ2v) is 6.91. The maximum absolute atomic E-state index is 12.6. The molecule has 0 saturated carbocycles. The number of carbonyl (C=O) groups is 2. The molecule has 2 saturated heterocycles. The third kappa shape index (κ3) is 4.09. The van der Waals surface area contributed by atoms with Gasteiger partial charge >= 0.3 is 6.09 Å². The average molecular weight is 298 g/mol. The summed E-state index contributed by atoms with van der Waals surface area (Å²) in [6.07, 6.45) is 1.99. The van der Waals surface area contributed by atoms with Gasteiger partial charge in [0.1, 0.15) is 11.6 Å². The summed E-state index contributed by atoms with van der Waals surface area (Å²) in [6.45, 7) is 7.08. The Morgan fingerprint density at radius 2 is 1.76 bits per heavy atom. The predicted molar refractivity (Wildman–Crippen MR) is 77.8 cm³/mol. The molecule has 21 heavy (non-hydrogen) atoms. The Morgan fingerprint density at radius 1 is 1.14 bits per heavy atom. The van der Waals surface area contributed by atoms with Crippen LogP contribution in [0.3, 0.4) is 0 Å². The van der Waals surface area contributed by atoms with Crippen LogP contribution >= 0.6 is 0 Å². The van der Waals surface area contributed by atoms with Crippen molar-refractivity contribution in [1.29, 1.82) is 0 Å². The highest BCUT2D eigenvalue weighted by atomic mass is 16.6. The molecular weight excluding hydrogens is 272 g/mol. The van der Waals surface area contributed by atoms with Crippen molar-refractivity contribution in [3.8, 4) is 0 Å². The Bertz CT molecular complexity index is 399. The summed E-state index contributed by atoms with van der Waals surface area (Å²) in [7, 11) is 0. The molecule has 0 spiro atoms. The van der Waals surface area contributed by atoms with E-state index in [0.717, 1.165) is 25.9 Å². The minimum atomic E-state index is -0.610. The first-order valence-electron chi connectivity index (χ1n) is 7.74. The molecular formula is C15H26N2O4. The Balaban J connectivity index is 2.09. The standard InChI is InChI=1S/C15H26N2O4/c1-15(2,3)21-14(20)17-10-11(18)6-7-12(17)13(19)16-8-4-5-9-16/h11-12,18H,4-10H2,1-3H3/t11-,12-/m1/s1. The molecule has 2 aliphatic rings. The molecule has 0 bridgehead atoms. The molecule has 2 aliphatic heterocycles. The van der Waals surface area contributed by atoms with Gasteiger partial charge in [0.2, 0.25) is 5.91 Å². The van der Waals surface area contributed by atoms with Crippen molar-refractivity contribution >= 4 is 12.0 Å². The van der Waals surface area contributed by atoms with Crippen molar-refractivity contribution in [3.05, 3.63) is 0 Å². The monoisotopic (exact) mass is 298 g/mol. The van der Waals surface area contributed by atoms with Crippen LogP contribution in [0, 0.1) is 0 Å². The molecule has 0 aliphatic carbocycles. The minimum absolute atomic E-state index is 0.00902. The highest BCUT2D eigenvalue weighted by Gasteiger charge is 2.39. The van der Waals surface area contributed by atoms with E-state index in [9.17, 15) is 14.7 Å². The number of β-amino-alcohol motifs (C(OH)–C–C–N with tert-alkyl or cyclic N) is 1. The molecule has 0 aromatic carbocycles. The van der Waals surface area contributed by atoms with Gasteiger partial charge in [-0.15, -0.1) is 0 Å². The molecule has 2 fully saturated rings. The maximum Gasteiger partial charge on any atom is 0.411 e. The molecule has 120 valence electrons. The zero-order chi connectivity index (χ0) is 15.6. The number of aliphatic hydroxyl groups excluding tert-OH is 1. The summed E-state index contributed by atoms with van der Waals surface area (Å²) >= 11 is 0. The highest BCUT2D eigenvalue weighted by Crippen LogP contribution is 2.23. The fraction of sp³-hybridized carbons (Fsp3) is 0.867. The van der Waals surface area contributed by atoms with E-state index in [1.54, 1.807) is 20.8 Å². The van der Waals surface area contributed by atoms with E-state index in [-0.39, 0.29) is 12.5 Å². The molecule has 2 heterocycles. The molecule has 0 aromatic rings. The number of carbonyl (C=O) groups excluding carboxylic acids is 2. The number of rotatable bonds is 1. The quantitative estimate of drug-likeness (QED) is 0.794. The molecule has 0 aromatic heterocycles. The maximum atomic E-state index is 12.6. The Morgan fingerprint density at radius 3 is 2.33 bits per heavy atom. The second kappa shape index (κ2) is 6.22. The van der Waals surface area contributed by atoms with Gasteiger partial charge in [0.25, 0.3) is 0 Å². The van der Waals surface area contributed by atoms with Crippen molar-refractivity contribution < 1.29 is 19.4 Å². The second-order valence-electron chi connectivity index (χ2n) is 6.91. The van der Waals surface area contributed by atoms with Crippen molar-refractivity contribution in [1.82, 2.24) is 9.80 Å². The number of amides is 2. The van der Waals surface area contributed by atoms with E-state index in [1.165, 1.54) is 4.90 Å². The first-order valence-corrected chi connectivity index (χ1v) is 7.74. The summed E-state index contributed by atoms with van der Waals surface area (Å²) in [5.74, 6) is -0.00902. The van der Waals surface area contributed by atoms with Gasteiger partial charge in [0.05, 0.1) is 12.6 Å². The number of hydrogen-bond acceptors (Lipinski definition) is 4. The number of nitrogens with zero attached hydrogens (tertiary/aromatic N) is 2. The summed E-state index contributed by atoms with van der Waals surface area (Å²) in [5.41, 5.74) is -0.610. The van der Waals surface area contributed by atoms with E-state index >= 15 is 0 Å². The molecule has 2 atom stereocenters. The zero-order valence-electron chi connectivity index (χ0n) is 13.2. The van der Waals surface area contributed by atoms with Crippen LogP contribution in [0.2, 0.25) is 0 Å². The normalized spacial score (nSPS) is 26.9. The van der Waals surface area contributed by atoms with Crippen LogP contribution in [0.4, 0.5) is 4.79 Å². The van der Waals surface area contributed by atoms with Crippen LogP contribution in [-0.4, -0.2) is 64.3 Å². The van der Waals surface area contributed by atoms with Crippen LogP contribution in [0.25, 0.3) is 0 Å². The summed E-state index contributed by atoms with van der Waals surface area (Å²) in [4.78, 5) is 28.1. The summed E-state index contributed by atoms with van der Waals surface area (Å²) < 4.78 is 5.37. The van der Waals surface area contributed by atoms with E-state index in [2.05, 4.69) is 0 Å². The van der Waals surface area contributed by atoms with Crippen molar-refractivity contribution in [2.75, 3.05) is 19.6 Å². The number of aliphatic hydroxyl groups is 1. The van der Waals surface area contributed by atoms with Gasteiger partial charge in [-0.1, -0.05) is 0 Å². The van der Waals surface area contributed by atoms with Crippen molar-refractivity contribution in [3.63, 3.8) is 0 Å². The van der Waals surface area contributed by atoms with Gasteiger partial charge in [-0.2, -0.15) is 0 Å². The molecule has 6 heteroatoms. The van der Waals surface area contributed by atoms with Gasteiger partial charge in [0, 0.05) is 13.1 Å². The van der Waals surface area contributed by atoms with Gasteiger partial charge in [-0.25, -0.2) is 4.79 Å². The largest absolute Gasteiger partial charge is 0.444 e. The Labute approximate surface area is 126 Å². The van der Waals surface area contributed by atoms with Crippen molar-refractivity contribution in [2.24, 2.45) is 0 Å². The summed E-state index contributed by atoms with van der Waals surface area (Å²) in [5, 5.41) is 9.82.